The SMILES string of the molecule is CCC(CC)NS(=O)(=O)c1cccc(CNC)c1. The highest BCUT2D eigenvalue weighted by molar-refractivity contribution is 7.89. The molecule has 0 aliphatic heterocycles. The highest BCUT2D eigenvalue weighted by Crippen LogP contribution is 2.13. The molecule has 2 N–H and O–H groups in total. The van der Waals surface area contributed by atoms with E-state index >= 15 is 0 Å². The van der Waals surface area contributed by atoms with Crippen molar-refractivity contribution >= 4 is 10.0 Å². The molecule has 0 saturated carbocycles. The average Bonchev–Trinajstić information content (AvgIpc) is 2.37. The summed E-state index contributed by atoms with van der Waals surface area (Å²) < 4.78 is 27.1. The summed E-state index contributed by atoms with van der Waals surface area (Å²) in [7, 11) is -1.57. The summed E-state index contributed by atoms with van der Waals surface area (Å²) in [6.45, 7) is 4.62. The third kappa shape index (κ3) is 4.08. The van der Waals surface area contributed by atoms with Gasteiger partial charge in [-0.25, -0.2) is 13.1 Å². The van der Waals surface area contributed by atoms with E-state index in [2.05, 4.69) is 10.0 Å². The van der Waals surface area contributed by atoms with Crippen LogP contribution >= 0.6 is 0 Å². The lowest BCUT2D eigenvalue weighted by molar-refractivity contribution is 0.530. The molecule has 0 aromatic heterocycles. The molecule has 0 aliphatic carbocycles. The van der Waals surface area contributed by atoms with E-state index in [1.165, 1.54) is 0 Å². The molecule has 5 heteroatoms. The monoisotopic (exact) mass is 270 g/mol. The van der Waals surface area contributed by atoms with Crippen molar-refractivity contribution < 1.29 is 8.42 Å². The van der Waals surface area contributed by atoms with Gasteiger partial charge in [-0.1, -0.05) is 26.0 Å². The Morgan fingerprint density at radius 3 is 2.44 bits per heavy atom. The van der Waals surface area contributed by atoms with Crippen molar-refractivity contribution in [3.8, 4) is 0 Å². The molecule has 102 valence electrons. The fourth-order valence-corrected chi connectivity index (χ4v) is 3.24. The molecule has 0 saturated heterocycles. The Balaban J connectivity index is 2.93. The maximum atomic E-state index is 12.2. The van der Waals surface area contributed by atoms with Crippen molar-refractivity contribution in [3.05, 3.63) is 29.8 Å². The first-order valence-corrected chi connectivity index (χ1v) is 7.77. The van der Waals surface area contributed by atoms with E-state index in [0.29, 0.717) is 11.4 Å². The topological polar surface area (TPSA) is 58.2 Å². The molecular weight excluding hydrogens is 248 g/mol. The Morgan fingerprint density at radius 1 is 1.22 bits per heavy atom. The van der Waals surface area contributed by atoms with Gasteiger partial charge in [0.15, 0.2) is 0 Å². The molecule has 4 nitrogen and oxygen atoms in total. The molecule has 0 aliphatic rings. The smallest absolute Gasteiger partial charge is 0.240 e. The van der Waals surface area contributed by atoms with Crippen LogP contribution in [0.4, 0.5) is 0 Å². The molecule has 18 heavy (non-hydrogen) atoms. The minimum atomic E-state index is -3.40. The van der Waals surface area contributed by atoms with Crippen LogP contribution in [0, 0.1) is 0 Å². The van der Waals surface area contributed by atoms with Crippen molar-refractivity contribution in [3.63, 3.8) is 0 Å². The second-order valence-corrected chi connectivity index (χ2v) is 6.03. The van der Waals surface area contributed by atoms with Gasteiger partial charge in [0.1, 0.15) is 0 Å². The summed E-state index contributed by atoms with van der Waals surface area (Å²) in [5.74, 6) is 0. The molecule has 0 heterocycles. The van der Waals surface area contributed by atoms with Crippen LogP contribution in [0.5, 0.6) is 0 Å². The minimum Gasteiger partial charge on any atom is -0.316 e. The third-order valence-corrected chi connectivity index (χ3v) is 4.42. The summed E-state index contributed by atoms with van der Waals surface area (Å²) in [6, 6.07) is 7.02. The average molecular weight is 270 g/mol. The lowest BCUT2D eigenvalue weighted by Gasteiger charge is -2.15. The van der Waals surface area contributed by atoms with Crippen LogP contribution in [0.25, 0.3) is 0 Å². The van der Waals surface area contributed by atoms with Gasteiger partial charge in [-0.15, -0.1) is 0 Å². The van der Waals surface area contributed by atoms with Crippen LogP contribution in [-0.2, 0) is 16.6 Å². The second-order valence-electron chi connectivity index (χ2n) is 4.31. The maximum absolute atomic E-state index is 12.2. The van der Waals surface area contributed by atoms with Crippen molar-refractivity contribution in [2.75, 3.05) is 7.05 Å². The van der Waals surface area contributed by atoms with Gasteiger partial charge in [0, 0.05) is 12.6 Å². The Bertz CT molecular complexity index is 468. The molecule has 0 amide bonds. The summed E-state index contributed by atoms with van der Waals surface area (Å²) in [5.41, 5.74) is 0.963. The zero-order valence-electron chi connectivity index (χ0n) is 11.2. The largest absolute Gasteiger partial charge is 0.316 e. The van der Waals surface area contributed by atoms with Gasteiger partial charge < -0.3 is 5.32 Å². The summed E-state index contributed by atoms with van der Waals surface area (Å²) in [6.07, 6.45) is 1.60. The molecular formula is C13H22N2O2S. The number of hydrogen-bond donors (Lipinski definition) is 2. The number of rotatable bonds is 7. The first kappa shape index (κ1) is 15.1. The zero-order valence-corrected chi connectivity index (χ0v) is 12.0. The number of benzene rings is 1. The summed E-state index contributed by atoms with van der Waals surface area (Å²) >= 11 is 0. The molecule has 1 aromatic carbocycles. The van der Waals surface area contributed by atoms with Gasteiger partial charge in [0.2, 0.25) is 10.0 Å². The Kier molecular flexibility index (Phi) is 5.78. The minimum absolute atomic E-state index is 0.00274. The van der Waals surface area contributed by atoms with Gasteiger partial charge in [0.25, 0.3) is 0 Å². The molecule has 0 unspecified atom stereocenters. The van der Waals surface area contributed by atoms with Crippen LogP contribution in [0.3, 0.4) is 0 Å². The Labute approximate surface area is 110 Å². The van der Waals surface area contributed by atoms with E-state index < -0.39 is 10.0 Å². The predicted molar refractivity (Wildman–Crippen MR) is 73.9 cm³/mol. The maximum Gasteiger partial charge on any atom is 0.240 e. The van der Waals surface area contributed by atoms with Crippen LogP contribution in [-0.4, -0.2) is 21.5 Å². The molecule has 1 rings (SSSR count). The van der Waals surface area contributed by atoms with Gasteiger partial charge in [-0.05, 0) is 37.6 Å². The highest BCUT2D eigenvalue weighted by atomic mass is 32.2. The van der Waals surface area contributed by atoms with Gasteiger partial charge in [-0.2, -0.15) is 0 Å². The third-order valence-electron chi connectivity index (χ3n) is 2.90. The van der Waals surface area contributed by atoms with Crippen LogP contribution < -0.4 is 10.0 Å². The van der Waals surface area contributed by atoms with Crippen LogP contribution in [0.1, 0.15) is 32.3 Å². The van der Waals surface area contributed by atoms with E-state index in [9.17, 15) is 8.42 Å². The van der Waals surface area contributed by atoms with Gasteiger partial charge >= 0.3 is 0 Å². The second kappa shape index (κ2) is 6.87. The quantitative estimate of drug-likeness (QED) is 0.795. The van der Waals surface area contributed by atoms with Crippen molar-refractivity contribution in [1.29, 1.82) is 0 Å². The lowest BCUT2D eigenvalue weighted by atomic mass is 10.2. The van der Waals surface area contributed by atoms with Gasteiger partial charge in [0.05, 0.1) is 4.90 Å². The predicted octanol–water partition coefficient (Wildman–Crippen LogP) is 1.87. The van der Waals surface area contributed by atoms with E-state index in [4.69, 9.17) is 0 Å². The summed E-state index contributed by atoms with van der Waals surface area (Å²) in [5, 5.41) is 3.01. The molecule has 0 fully saturated rings. The fraction of sp³-hybridized carbons (Fsp3) is 0.538. The number of nitrogens with one attached hydrogen (secondary N) is 2. The molecule has 1 aromatic rings. The molecule has 0 radical (unpaired) electrons. The van der Waals surface area contributed by atoms with Crippen molar-refractivity contribution in [2.24, 2.45) is 0 Å². The van der Waals surface area contributed by atoms with E-state index in [1.807, 2.05) is 27.0 Å². The van der Waals surface area contributed by atoms with Crippen molar-refractivity contribution in [2.45, 2.75) is 44.2 Å². The summed E-state index contributed by atoms with van der Waals surface area (Å²) in [4.78, 5) is 0.335. The zero-order chi connectivity index (χ0) is 13.6. The Morgan fingerprint density at radius 2 is 1.89 bits per heavy atom. The van der Waals surface area contributed by atoms with Gasteiger partial charge in [-0.3, -0.25) is 0 Å². The number of hydrogen-bond acceptors (Lipinski definition) is 3. The fourth-order valence-electron chi connectivity index (χ4n) is 1.77. The number of sulfonamides is 1. The van der Waals surface area contributed by atoms with E-state index in [0.717, 1.165) is 18.4 Å². The molecule has 0 atom stereocenters. The normalized spacial score (nSPS) is 12.0. The molecule has 0 bridgehead atoms. The van der Waals surface area contributed by atoms with Crippen LogP contribution in [0.15, 0.2) is 29.2 Å². The first-order valence-electron chi connectivity index (χ1n) is 6.29. The lowest BCUT2D eigenvalue weighted by Crippen LogP contribution is -2.33. The Hall–Kier alpha value is -0.910. The first-order chi connectivity index (χ1) is 8.53. The van der Waals surface area contributed by atoms with E-state index in [1.54, 1.807) is 18.2 Å². The molecule has 0 spiro atoms. The van der Waals surface area contributed by atoms with Crippen molar-refractivity contribution in [1.82, 2.24) is 10.0 Å². The standard InChI is InChI=1S/C13H22N2O2S/c1-4-12(5-2)15-18(16,17)13-8-6-7-11(9-13)10-14-3/h6-9,12,14-15H,4-5,10H2,1-3H3. The highest BCUT2D eigenvalue weighted by Gasteiger charge is 2.17. The van der Waals surface area contributed by atoms with Crippen LogP contribution in [0.2, 0.25) is 0 Å². The van der Waals surface area contributed by atoms with E-state index in [-0.39, 0.29) is 6.04 Å².